The van der Waals surface area contributed by atoms with Crippen LogP contribution in [-0.4, -0.2) is 41.1 Å². The number of nitrogens with one attached hydrogen (secondary N) is 2. The molecule has 6 nitrogen and oxygen atoms in total. The van der Waals surface area contributed by atoms with E-state index in [0.717, 1.165) is 41.0 Å². The van der Waals surface area contributed by atoms with Gasteiger partial charge in [-0.1, -0.05) is 36.9 Å². The van der Waals surface area contributed by atoms with E-state index in [1.54, 1.807) is 18.0 Å². The summed E-state index contributed by atoms with van der Waals surface area (Å²) in [5.41, 5.74) is 3.07. The van der Waals surface area contributed by atoms with Crippen molar-refractivity contribution in [3.8, 4) is 5.75 Å². The minimum Gasteiger partial charge on any atom is -0.490 e. The number of nitrogens with zero attached hydrogens (tertiary/aromatic N) is 2. The highest BCUT2D eigenvalue weighted by atomic mass is 16.5. The van der Waals surface area contributed by atoms with Crippen LogP contribution in [0.2, 0.25) is 0 Å². The van der Waals surface area contributed by atoms with E-state index in [4.69, 9.17) is 4.74 Å². The molecule has 6 heteroatoms. The van der Waals surface area contributed by atoms with Crippen LogP contribution in [-0.2, 0) is 13.0 Å². The number of aryl methyl sites for hydroxylation is 1. The summed E-state index contributed by atoms with van der Waals surface area (Å²) < 4.78 is 5.47. The second-order valence-corrected chi connectivity index (χ2v) is 6.64. The number of H-pyrrole nitrogens is 1. The van der Waals surface area contributed by atoms with Gasteiger partial charge in [0.15, 0.2) is 0 Å². The normalized spacial score (nSPS) is 10.6. The van der Waals surface area contributed by atoms with E-state index in [1.165, 1.54) is 0 Å². The van der Waals surface area contributed by atoms with E-state index in [9.17, 15) is 4.79 Å². The minimum atomic E-state index is -0.0865. The predicted octanol–water partition coefficient (Wildman–Crippen LogP) is 3.90. The monoisotopic (exact) mass is 378 g/mol. The van der Waals surface area contributed by atoms with E-state index in [1.807, 2.05) is 48.5 Å². The Kier molecular flexibility index (Phi) is 6.68. The topological polar surface area (TPSA) is 70.2 Å². The van der Waals surface area contributed by atoms with Gasteiger partial charge in [-0.05, 0) is 36.2 Å². The number of aromatic nitrogens is 2. The van der Waals surface area contributed by atoms with E-state index < -0.39 is 0 Å². The Bertz CT molecular complexity index is 885. The lowest BCUT2D eigenvalue weighted by Crippen LogP contribution is -2.37. The summed E-state index contributed by atoms with van der Waals surface area (Å²) in [7, 11) is 1.79. The number of carbonyl (C=O) groups is 1. The lowest BCUT2D eigenvalue weighted by atomic mass is 10.2. The van der Waals surface area contributed by atoms with Crippen LogP contribution in [0.1, 0.15) is 17.8 Å². The van der Waals surface area contributed by atoms with E-state index >= 15 is 0 Å². The average molecular weight is 378 g/mol. The van der Waals surface area contributed by atoms with E-state index in [0.29, 0.717) is 19.7 Å². The third kappa shape index (κ3) is 5.36. The second-order valence-electron chi connectivity index (χ2n) is 6.64. The summed E-state index contributed by atoms with van der Waals surface area (Å²) in [4.78, 5) is 21.8. The lowest BCUT2D eigenvalue weighted by molar-refractivity contribution is 0.207. The molecule has 3 aromatic rings. The van der Waals surface area contributed by atoms with Crippen molar-refractivity contribution in [2.75, 3.05) is 20.2 Å². The molecule has 0 unspecified atom stereocenters. The van der Waals surface area contributed by atoms with Gasteiger partial charge in [0.2, 0.25) is 0 Å². The quantitative estimate of drug-likeness (QED) is 0.438. The SMILES string of the molecule is C=CCOc1ccc(CN(C)C(=O)NCCCc2nc3ccccc3[nH]2)cc1. The van der Waals surface area contributed by atoms with E-state index in [2.05, 4.69) is 21.9 Å². The fourth-order valence-electron chi connectivity index (χ4n) is 2.90. The van der Waals surface area contributed by atoms with Crippen LogP contribution in [0, 0.1) is 0 Å². The number of carbonyl (C=O) groups excluding carboxylic acids is 1. The first kappa shape index (κ1) is 19.5. The molecule has 0 aliphatic carbocycles. The van der Waals surface area contributed by atoms with Crippen molar-refractivity contribution < 1.29 is 9.53 Å². The van der Waals surface area contributed by atoms with Crippen molar-refractivity contribution in [3.05, 3.63) is 72.6 Å². The molecule has 28 heavy (non-hydrogen) atoms. The first-order valence-electron chi connectivity index (χ1n) is 9.41. The van der Waals surface area contributed by atoms with Gasteiger partial charge >= 0.3 is 6.03 Å². The standard InChI is InChI=1S/C22H26N4O2/c1-3-15-28-18-12-10-17(11-13-18)16-26(2)22(27)23-14-6-9-21-24-19-7-4-5-8-20(19)25-21/h3-5,7-8,10-13H,1,6,9,14-16H2,2H3,(H,23,27)(H,24,25). The number of hydrogen-bond acceptors (Lipinski definition) is 3. The van der Waals surface area contributed by atoms with Gasteiger partial charge in [-0.2, -0.15) is 0 Å². The molecule has 2 amide bonds. The van der Waals surface area contributed by atoms with E-state index in [-0.39, 0.29) is 6.03 Å². The van der Waals surface area contributed by atoms with Gasteiger partial charge in [-0.3, -0.25) is 0 Å². The van der Waals surface area contributed by atoms with Crippen molar-refractivity contribution in [1.29, 1.82) is 0 Å². The molecule has 0 fully saturated rings. The summed E-state index contributed by atoms with van der Waals surface area (Å²) in [6.45, 7) is 5.25. The predicted molar refractivity (Wildman–Crippen MR) is 111 cm³/mol. The maximum atomic E-state index is 12.3. The number of hydrogen-bond donors (Lipinski definition) is 2. The number of imidazole rings is 1. The van der Waals surface area contributed by atoms with Crippen LogP contribution in [0.4, 0.5) is 4.79 Å². The Labute approximate surface area is 165 Å². The first-order valence-corrected chi connectivity index (χ1v) is 9.41. The number of ether oxygens (including phenoxy) is 1. The highest BCUT2D eigenvalue weighted by Crippen LogP contribution is 2.14. The molecule has 0 saturated carbocycles. The molecular formula is C22H26N4O2. The largest absolute Gasteiger partial charge is 0.490 e. The number of urea groups is 1. The summed E-state index contributed by atoms with van der Waals surface area (Å²) >= 11 is 0. The fourth-order valence-corrected chi connectivity index (χ4v) is 2.90. The number of fused-ring (bicyclic) bond motifs is 1. The van der Waals surface area contributed by atoms with Gasteiger partial charge < -0.3 is 19.9 Å². The third-order valence-corrected chi connectivity index (χ3v) is 4.36. The Morgan fingerprint density at radius 1 is 1.25 bits per heavy atom. The Balaban J connectivity index is 1.39. The molecule has 0 aliphatic heterocycles. The van der Waals surface area contributed by atoms with Crippen LogP contribution >= 0.6 is 0 Å². The average Bonchev–Trinajstić information content (AvgIpc) is 3.13. The maximum Gasteiger partial charge on any atom is 0.317 e. The van der Waals surface area contributed by atoms with Gasteiger partial charge in [-0.15, -0.1) is 0 Å². The Hall–Kier alpha value is -3.28. The number of aromatic amines is 1. The summed E-state index contributed by atoms with van der Waals surface area (Å²) in [6, 6.07) is 15.6. The third-order valence-electron chi connectivity index (χ3n) is 4.36. The highest BCUT2D eigenvalue weighted by molar-refractivity contribution is 5.75. The zero-order valence-corrected chi connectivity index (χ0v) is 16.1. The number of rotatable bonds is 9. The summed E-state index contributed by atoms with van der Waals surface area (Å²) in [5, 5.41) is 2.96. The molecule has 2 aromatic carbocycles. The van der Waals surface area contributed by atoms with Crippen molar-refractivity contribution in [2.45, 2.75) is 19.4 Å². The highest BCUT2D eigenvalue weighted by Gasteiger charge is 2.09. The molecule has 0 spiro atoms. The maximum absolute atomic E-state index is 12.3. The van der Waals surface area contributed by atoms with Crippen molar-refractivity contribution in [3.63, 3.8) is 0 Å². The van der Waals surface area contributed by atoms with Crippen LogP contribution in [0.15, 0.2) is 61.2 Å². The van der Waals surface area contributed by atoms with Gasteiger partial charge in [0.1, 0.15) is 18.2 Å². The van der Waals surface area contributed by atoms with Crippen molar-refractivity contribution in [1.82, 2.24) is 20.2 Å². The van der Waals surface area contributed by atoms with Crippen LogP contribution in [0.5, 0.6) is 5.75 Å². The summed E-state index contributed by atoms with van der Waals surface area (Å²) in [6.07, 6.45) is 3.33. The minimum absolute atomic E-state index is 0.0865. The van der Waals surface area contributed by atoms with Gasteiger partial charge in [-0.25, -0.2) is 9.78 Å². The molecule has 1 heterocycles. The number of benzene rings is 2. The smallest absolute Gasteiger partial charge is 0.317 e. The number of amides is 2. The Morgan fingerprint density at radius 2 is 2.04 bits per heavy atom. The fraction of sp³-hybridized carbons (Fsp3) is 0.273. The molecule has 0 saturated heterocycles. The molecule has 0 atom stereocenters. The Morgan fingerprint density at radius 3 is 2.79 bits per heavy atom. The van der Waals surface area contributed by atoms with Gasteiger partial charge in [0, 0.05) is 26.6 Å². The summed E-state index contributed by atoms with van der Waals surface area (Å²) in [5.74, 6) is 1.74. The molecular weight excluding hydrogens is 352 g/mol. The van der Waals surface area contributed by atoms with Gasteiger partial charge in [0.25, 0.3) is 0 Å². The van der Waals surface area contributed by atoms with Crippen LogP contribution in [0.25, 0.3) is 11.0 Å². The molecule has 0 radical (unpaired) electrons. The van der Waals surface area contributed by atoms with Crippen molar-refractivity contribution in [2.24, 2.45) is 0 Å². The zero-order chi connectivity index (χ0) is 19.8. The molecule has 3 rings (SSSR count). The first-order chi connectivity index (χ1) is 13.7. The van der Waals surface area contributed by atoms with Crippen molar-refractivity contribution >= 4 is 17.1 Å². The van der Waals surface area contributed by atoms with Crippen LogP contribution < -0.4 is 10.1 Å². The molecule has 146 valence electrons. The lowest BCUT2D eigenvalue weighted by Gasteiger charge is -2.18. The molecule has 1 aromatic heterocycles. The van der Waals surface area contributed by atoms with Crippen LogP contribution in [0.3, 0.4) is 0 Å². The molecule has 0 bridgehead atoms. The number of para-hydroxylation sites is 2. The molecule has 0 aliphatic rings. The zero-order valence-electron chi connectivity index (χ0n) is 16.1. The van der Waals surface area contributed by atoms with Gasteiger partial charge in [0.05, 0.1) is 11.0 Å². The molecule has 2 N–H and O–H groups in total. The second kappa shape index (κ2) is 9.60.